The third kappa shape index (κ3) is 4.68. The minimum atomic E-state index is -1.00. The van der Waals surface area contributed by atoms with Crippen LogP contribution >= 0.6 is 11.3 Å². The number of nitrogens with one attached hydrogen (secondary N) is 2. The fourth-order valence-corrected chi connectivity index (χ4v) is 4.46. The van der Waals surface area contributed by atoms with Crippen LogP contribution in [0, 0.1) is 0 Å². The molecule has 2 N–H and O–H groups in total. The minimum absolute atomic E-state index is 0.0509. The molecule has 1 atom stereocenters. The largest absolute Gasteiger partial charge is 0.347 e. The summed E-state index contributed by atoms with van der Waals surface area (Å²) in [6.07, 6.45) is 4.89. The van der Waals surface area contributed by atoms with Crippen molar-refractivity contribution in [2.75, 3.05) is 0 Å². The molecule has 1 aliphatic rings. The number of hydrogen-bond acceptors (Lipinski definition) is 6. The van der Waals surface area contributed by atoms with E-state index in [0.29, 0.717) is 5.13 Å². The molecular weight excluding hydrogens is 438 g/mol. The summed E-state index contributed by atoms with van der Waals surface area (Å²) in [4.78, 5) is 47.3. The van der Waals surface area contributed by atoms with Crippen LogP contribution in [0.4, 0.5) is 0 Å². The SMILES string of the molecule is O=C(NC1CC1)C(=O)C(Cc1ccccc1)NC(=O)c1cncn1-c1nc2ccccc2s1. The zero-order valence-corrected chi connectivity index (χ0v) is 18.4. The number of fused-ring (bicyclic) bond motifs is 1. The first kappa shape index (κ1) is 21.0. The van der Waals surface area contributed by atoms with Crippen molar-refractivity contribution >= 4 is 39.2 Å². The lowest BCUT2D eigenvalue weighted by Gasteiger charge is -2.18. The van der Waals surface area contributed by atoms with Gasteiger partial charge < -0.3 is 10.6 Å². The molecule has 9 heteroatoms. The summed E-state index contributed by atoms with van der Waals surface area (Å²) in [5.74, 6) is -1.83. The monoisotopic (exact) mass is 459 g/mol. The predicted octanol–water partition coefficient (Wildman–Crippen LogP) is 2.67. The second-order valence-corrected chi connectivity index (χ2v) is 8.95. The Morgan fingerprint density at radius 3 is 2.58 bits per heavy atom. The van der Waals surface area contributed by atoms with Gasteiger partial charge in [-0.3, -0.25) is 19.0 Å². The normalized spacial score (nSPS) is 14.1. The lowest BCUT2D eigenvalue weighted by atomic mass is 10.0. The Balaban J connectivity index is 1.39. The molecule has 0 saturated heterocycles. The van der Waals surface area contributed by atoms with Crippen LogP contribution in [0.2, 0.25) is 0 Å². The van der Waals surface area contributed by atoms with Crippen LogP contribution in [0.3, 0.4) is 0 Å². The standard InChI is InChI=1S/C24H21N5O3S/c30-21(23(32)26-16-10-11-16)18(12-15-6-2-1-3-7-15)27-22(31)19-13-25-14-29(19)24-28-17-8-4-5-9-20(17)33-24/h1-9,13-14,16,18H,10-12H2,(H,26,32)(H,27,31). The van der Waals surface area contributed by atoms with E-state index < -0.39 is 23.6 Å². The summed E-state index contributed by atoms with van der Waals surface area (Å²) in [5.41, 5.74) is 1.91. The highest BCUT2D eigenvalue weighted by Gasteiger charge is 2.32. The van der Waals surface area contributed by atoms with E-state index in [9.17, 15) is 14.4 Å². The lowest BCUT2D eigenvalue weighted by molar-refractivity contribution is -0.139. The number of imidazole rings is 1. The Kier molecular flexibility index (Phi) is 5.70. The van der Waals surface area contributed by atoms with Gasteiger partial charge in [-0.1, -0.05) is 53.8 Å². The molecule has 2 heterocycles. The Bertz CT molecular complexity index is 1290. The fourth-order valence-electron chi connectivity index (χ4n) is 3.51. The molecule has 0 bridgehead atoms. The highest BCUT2D eigenvalue weighted by molar-refractivity contribution is 7.20. The van der Waals surface area contributed by atoms with Crippen molar-refractivity contribution in [3.05, 3.63) is 78.4 Å². The van der Waals surface area contributed by atoms with E-state index in [1.807, 2.05) is 54.6 Å². The van der Waals surface area contributed by atoms with Crippen molar-refractivity contribution in [2.45, 2.75) is 31.3 Å². The summed E-state index contributed by atoms with van der Waals surface area (Å²) in [7, 11) is 0. The van der Waals surface area contributed by atoms with Crippen LogP contribution in [0.25, 0.3) is 15.3 Å². The summed E-state index contributed by atoms with van der Waals surface area (Å²) in [5, 5.41) is 6.06. The predicted molar refractivity (Wildman–Crippen MR) is 124 cm³/mol. The van der Waals surface area contributed by atoms with Gasteiger partial charge in [-0.15, -0.1) is 0 Å². The molecule has 1 unspecified atom stereocenters. The third-order valence-electron chi connectivity index (χ3n) is 5.40. The van der Waals surface area contributed by atoms with Gasteiger partial charge in [0.1, 0.15) is 18.1 Å². The summed E-state index contributed by atoms with van der Waals surface area (Å²) < 4.78 is 2.58. The molecule has 1 aliphatic carbocycles. The number of nitrogens with zero attached hydrogens (tertiary/aromatic N) is 3. The highest BCUT2D eigenvalue weighted by atomic mass is 32.1. The first-order valence-electron chi connectivity index (χ1n) is 10.7. The molecule has 8 nitrogen and oxygen atoms in total. The smallest absolute Gasteiger partial charge is 0.289 e. The number of Topliss-reactive ketones (excluding diaryl/α,β-unsaturated/α-hetero) is 1. The van der Waals surface area contributed by atoms with Crippen molar-refractivity contribution < 1.29 is 14.4 Å². The molecule has 0 spiro atoms. The second-order valence-electron chi connectivity index (χ2n) is 7.94. The quantitative estimate of drug-likeness (QED) is 0.394. The molecule has 0 radical (unpaired) electrons. The van der Waals surface area contributed by atoms with Crippen LogP contribution in [-0.4, -0.2) is 44.2 Å². The molecule has 166 valence electrons. The number of amides is 2. The van der Waals surface area contributed by atoms with Crippen LogP contribution in [-0.2, 0) is 16.0 Å². The Labute approximate surface area is 193 Å². The molecule has 33 heavy (non-hydrogen) atoms. The maximum Gasteiger partial charge on any atom is 0.289 e. The number of benzene rings is 2. The molecule has 1 fully saturated rings. The van der Waals surface area contributed by atoms with Crippen LogP contribution < -0.4 is 10.6 Å². The van der Waals surface area contributed by atoms with Gasteiger partial charge in [-0.2, -0.15) is 0 Å². The maximum atomic E-state index is 13.2. The molecule has 2 aromatic heterocycles. The number of thiazole rings is 1. The average Bonchev–Trinajstić information content (AvgIpc) is 3.33. The molecule has 2 amide bonds. The van der Waals surface area contributed by atoms with Crippen LogP contribution in [0.1, 0.15) is 28.9 Å². The number of ketones is 1. The average molecular weight is 460 g/mol. The van der Waals surface area contributed by atoms with Gasteiger partial charge in [-0.25, -0.2) is 9.97 Å². The first-order valence-corrected chi connectivity index (χ1v) is 11.5. The van der Waals surface area contributed by atoms with E-state index in [0.717, 1.165) is 28.6 Å². The third-order valence-corrected chi connectivity index (χ3v) is 6.44. The highest BCUT2D eigenvalue weighted by Crippen LogP contribution is 2.25. The van der Waals surface area contributed by atoms with Gasteiger partial charge in [0.2, 0.25) is 5.78 Å². The molecule has 5 rings (SSSR count). The Hall–Kier alpha value is -3.85. The van der Waals surface area contributed by atoms with Gasteiger partial charge in [-0.05, 0) is 30.5 Å². The topological polar surface area (TPSA) is 106 Å². The zero-order chi connectivity index (χ0) is 22.8. The number of hydrogen-bond donors (Lipinski definition) is 2. The molecule has 1 saturated carbocycles. The number of carbonyl (C=O) groups excluding carboxylic acids is 3. The number of carbonyl (C=O) groups is 3. The van der Waals surface area contributed by atoms with Crippen molar-refractivity contribution in [3.8, 4) is 5.13 Å². The second kappa shape index (κ2) is 8.95. The van der Waals surface area contributed by atoms with E-state index in [-0.39, 0.29) is 18.2 Å². The van der Waals surface area contributed by atoms with Crippen molar-refractivity contribution in [1.82, 2.24) is 25.2 Å². The number of para-hydroxylation sites is 1. The van der Waals surface area contributed by atoms with Crippen molar-refractivity contribution in [3.63, 3.8) is 0 Å². The summed E-state index contributed by atoms with van der Waals surface area (Å²) >= 11 is 1.43. The number of rotatable bonds is 8. The maximum absolute atomic E-state index is 13.2. The Morgan fingerprint density at radius 1 is 1.06 bits per heavy atom. The van der Waals surface area contributed by atoms with Crippen molar-refractivity contribution in [2.24, 2.45) is 0 Å². The summed E-state index contributed by atoms with van der Waals surface area (Å²) in [6.45, 7) is 0. The first-order chi connectivity index (χ1) is 16.1. The minimum Gasteiger partial charge on any atom is -0.347 e. The van der Waals surface area contributed by atoms with Crippen LogP contribution in [0.15, 0.2) is 67.1 Å². The Morgan fingerprint density at radius 2 is 1.82 bits per heavy atom. The van der Waals surface area contributed by atoms with E-state index in [1.54, 1.807) is 4.57 Å². The fraction of sp³-hybridized carbons (Fsp3) is 0.208. The van der Waals surface area contributed by atoms with Crippen LogP contribution in [0.5, 0.6) is 0 Å². The number of aromatic nitrogens is 3. The molecule has 2 aromatic carbocycles. The van der Waals surface area contributed by atoms with Gasteiger partial charge in [0.15, 0.2) is 5.13 Å². The molecule has 4 aromatic rings. The van der Waals surface area contributed by atoms with Gasteiger partial charge in [0, 0.05) is 12.5 Å². The lowest BCUT2D eigenvalue weighted by Crippen LogP contribution is -2.49. The van der Waals surface area contributed by atoms with E-state index in [2.05, 4.69) is 20.6 Å². The van der Waals surface area contributed by atoms with Gasteiger partial charge >= 0.3 is 0 Å². The van der Waals surface area contributed by atoms with Crippen molar-refractivity contribution in [1.29, 1.82) is 0 Å². The van der Waals surface area contributed by atoms with E-state index in [1.165, 1.54) is 23.9 Å². The van der Waals surface area contributed by atoms with Gasteiger partial charge in [0.25, 0.3) is 11.8 Å². The zero-order valence-electron chi connectivity index (χ0n) is 17.6. The van der Waals surface area contributed by atoms with E-state index >= 15 is 0 Å². The van der Waals surface area contributed by atoms with Gasteiger partial charge in [0.05, 0.1) is 16.4 Å². The molecular formula is C24H21N5O3S. The molecule has 0 aliphatic heterocycles. The van der Waals surface area contributed by atoms with E-state index in [4.69, 9.17) is 0 Å². The summed E-state index contributed by atoms with van der Waals surface area (Å²) in [6, 6.07) is 16.0.